The van der Waals surface area contributed by atoms with Crippen molar-refractivity contribution in [1.29, 1.82) is 0 Å². The molecule has 3 aromatic rings. The molecule has 1 aromatic heterocycles. The lowest BCUT2D eigenvalue weighted by molar-refractivity contribution is -0.153. The average Bonchev–Trinajstić information content (AvgIpc) is 3.80. The van der Waals surface area contributed by atoms with E-state index in [4.69, 9.17) is 4.74 Å². The lowest BCUT2D eigenvalue weighted by Crippen LogP contribution is -2.59. The fourth-order valence-corrected chi connectivity index (χ4v) is 8.92. The third-order valence-electron chi connectivity index (χ3n) is 9.86. The third kappa shape index (κ3) is 5.88. The van der Waals surface area contributed by atoms with Crippen molar-refractivity contribution in [2.24, 2.45) is 17.8 Å². The van der Waals surface area contributed by atoms with Crippen LogP contribution in [-0.2, 0) is 32.3 Å². The quantitative estimate of drug-likeness (QED) is 0.199. The Morgan fingerprint density at radius 2 is 1.77 bits per heavy atom. The number of alkyl halides is 1. The molecule has 254 valence electrons. The Balaban J connectivity index is 1.41. The van der Waals surface area contributed by atoms with E-state index in [0.29, 0.717) is 24.9 Å². The van der Waals surface area contributed by atoms with Gasteiger partial charge in [0.15, 0.2) is 0 Å². The Morgan fingerprint density at radius 3 is 2.46 bits per heavy atom. The zero-order chi connectivity index (χ0) is 34.2. The Labute approximate surface area is 289 Å². The van der Waals surface area contributed by atoms with E-state index in [1.807, 2.05) is 68.4 Å². The Hall–Kier alpha value is -3.87. The second kappa shape index (κ2) is 13.9. The molecule has 0 saturated carbocycles. The number of carbonyl (C=O) groups excluding carboxylic acids is 3. The lowest BCUT2D eigenvalue weighted by Gasteiger charge is -2.39. The topological polar surface area (TPSA) is 121 Å². The molecule has 7 atom stereocenters. The largest absolute Gasteiger partial charge is 0.394 e. The van der Waals surface area contributed by atoms with E-state index in [1.165, 1.54) is 0 Å². The Bertz CT molecular complexity index is 1680. The maximum atomic E-state index is 15.0. The number of aliphatic hydroxyl groups excluding tert-OH is 1. The smallest absolute Gasteiger partial charge is 0.250 e. The normalized spacial score (nSPS) is 26.6. The van der Waals surface area contributed by atoms with E-state index in [0.717, 1.165) is 11.1 Å². The van der Waals surface area contributed by atoms with Crippen molar-refractivity contribution in [3.63, 3.8) is 0 Å². The minimum absolute atomic E-state index is 0.0618. The van der Waals surface area contributed by atoms with Gasteiger partial charge in [-0.3, -0.25) is 14.4 Å². The van der Waals surface area contributed by atoms with E-state index < -0.39 is 35.6 Å². The van der Waals surface area contributed by atoms with Gasteiger partial charge in [0, 0.05) is 24.5 Å². The van der Waals surface area contributed by atoms with Crippen molar-refractivity contribution >= 4 is 44.7 Å². The zero-order valence-corrected chi connectivity index (χ0v) is 29.0. The fourth-order valence-electron chi connectivity index (χ4n) is 7.98. The first-order valence-electron chi connectivity index (χ1n) is 16.5. The van der Waals surface area contributed by atoms with Crippen LogP contribution in [0.2, 0.25) is 0 Å². The highest BCUT2D eigenvalue weighted by atomic mass is 79.9. The van der Waals surface area contributed by atoms with E-state index >= 15 is 0 Å². The van der Waals surface area contributed by atoms with Crippen LogP contribution in [0.3, 0.4) is 0 Å². The van der Waals surface area contributed by atoms with Crippen molar-refractivity contribution in [3.8, 4) is 0 Å². The fraction of sp³-hybridized carbons (Fsp3) is 0.472. The van der Waals surface area contributed by atoms with E-state index in [-0.39, 0.29) is 54.8 Å². The predicted molar refractivity (Wildman–Crippen MR) is 184 cm³/mol. The molecule has 0 aliphatic carbocycles. The second-order valence-corrected chi connectivity index (χ2v) is 14.6. The van der Waals surface area contributed by atoms with Gasteiger partial charge in [0.05, 0.1) is 36.1 Å². The van der Waals surface area contributed by atoms with Crippen molar-refractivity contribution in [3.05, 3.63) is 85.5 Å². The molecule has 4 heterocycles. The molecule has 3 amide bonds. The number of aromatic nitrogens is 3. The van der Waals surface area contributed by atoms with Crippen LogP contribution in [0.15, 0.2) is 79.9 Å². The SMILES string of the molecule is C=CCN(Cn1nnc2ccccc21)C(=O)C1N([C@@H](CO)CC(C)C)C(=O)[C@@H]2[C@@H](C(=O)N(CC=C)Cc3ccccc3)[C@@H]3OC12CC3Br. The van der Waals surface area contributed by atoms with E-state index in [9.17, 15) is 19.5 Å². The summed E-state index contributed by atoms with van der Waals surface area (Å²) in [5, 5.41) is 19.3. The molecule has 3 unspecified atom stereocenters. The summed E-state index contributed by atoms with van der Waals surface area (Å²) in [6.07, 6.45) is 3.53. The molecule has 2 bridgehead atoms. The summed E-state index contributed by atoms with van der Waals surface area (Å²) in [5.74, 6) is -2.51. The first kappa shape index (κ1) is 34.0. The minimum atomic E-state index is -1.28. The number of benzene rings is 2. The summed E-state index contributed by atoms with van der Waals surface area (Å²) in [7, 11) is 0. The van der Waals surface area contributed by atoms with Gasteiger partial charge in [-0.1, -0.05) is 89.6 Å². The van der Waals surface area contributed by atoms with Crippen LogP contribution in [0.1, 0.15) is 32.3 Å². The standard InChI is InChI=1S/C36H43BrN6O5/c1-5-16-40(20-24-12-8-7-9-13-24)33(45)29-30-34(46)43(25(21-44)18-23(3)4)32(36(30)19-26(37)31(29)48-36)35(47)41(17-6-2)22-42-28-15-11-10-14-27(28)38-39-42/h5-15,23,25-26,29-32,44H,1-2,16-22H2,3-4H3/t25-,26?,29-,30+,31-,32?,36?/m1/s1. The zero-order valence-electron chi connectivity index (χ0n) is 27.4. The molecule has 0 radical (unpaired) electrons. The molecular weight excluding hydrogens is 676 g/mol. The van der Waals surface area contributed by atoms with Crippen molar-refractivity contribution < 1.29 is 24.2 Å². The van der Waals surface area contributed by atoms with Crippen LogP contribution in [0.5, 0.6) is 0 Å². The highest BCUT2D eigenvalue weighted by Gasteiger charge is 2.77. The maximum Gasteiger partial charge on any atom is 0.250 e. The number of hydrogen-bond donors (Lipinski definition) is 1. The van der Waals surface area contributed by atoms with E-state index in [2.05, 4.69) is 39.4 Å². The van der Waals surface area contributed by atoms with Gasteiger partial charge in [-0.2, -0.15) is 0 Å². The summed E-state index contributed by atoms with van der Waals surface area (Å²) < 4.78 is 8.45. The van der Waals surface area contributed by atoms with Gasteiger partial charge in [-0.25, -0.2) is 4.68 Å². The summed E-state index contributed by atoms with van der Waals surface area (Å²) in [4.78, 5) is 48.9. The summed E-state index contributed by atoms with van der Waals surface area (Å²) >= 11 is 3.79. The summed E-state index contributed by atoms with van der Waals surface area (Å²) in [6.45, 7) is 12.3. The average molecular weight is 720 g/mol. The molecule has 12 heteroatoms. The highest BCUT2D eigenvalue weighted by molar-refractivity contribution is 9.09. The Kier molecular flexibility index (Phi) is 9.87. The van der Waals surface area contributed by atoms with Crippen LogP contribution in [0, 0.1) is 17.8 Å². The van der Waals surface area contributed by atoms with Gasteiger partial charge in [-0.15, -0.1) is 18.3 Å². The lowest BCUT2D eigenvalue weighted by atomic mass is 9.70. The second-order valence-electron chi connectivity index (χ2n) is 13.4. The maximum absolute atomic E-state index is 15.0. The molecule has 3 aliphatic heterocycles. The number of fused-ring (bicyclic) bond motifs is 2. The van der Waals surface area contributed by atoms with Crippen LogP contribution in [-0.4, -0.2) is 101 Å². The van der Waals surface area contributed by atoms with E-state index in [1.54, 1.807) is 31.5 Å². The van der Waals surface area contributed by atoms with Gasteiger partial charge in [0.25, 0.3) is 0 Å². The number of aliphatic hydroxyl groups is 1. The molecule has 3 fully saturated rings. The molecule has 1 spiro atoms. The number of para-hydroxylation sites is 1. The number of nitrogens with zero attached hydrogens (tertiary/aromatic N) is 6. The Morgan fingerprint density at radius 1 is 1.08 bits per heavy atom. The summed E-state index contributed by atoms with van der Waals surface area (Å²) in [5.41, 5.74) is 1.12. The highest BCUT2D eigenvalue weighted by Crippen LogP contribution is 2.61. The molecule has 3 saturated heterocycles. The predicted octanol–water partition coefficient (Wildman–Crippen LogP) is 3.77. The molecule has 6 rings (SSSR count). The number of likely N-dealkylation sites (tertiary alicyclic amines) is 1. The van der Waals surface area contributed by atoms with Crippen molar-refractivity contribution in [2.75, 3.05) is 19.7 Å². The van der Waals surface area contributed by atoms with Gasteiger partial charge >= 0.3 is 0 Å². The molecule has 11 nitrogen and oxygen atoms in total. The van der Waals surface area contributed by atoms with Gasteiger partial charge in [0.1, 0.15) is 23.8 Å². The number of amides is 3. The number of carbonyl (C=O) groups is 3. The first-order chi connectivity index (χ1) is 23.1. The molecule has 48 heavy (non-hydrogen) atoms. The van der Waals surface area contributed by atoms with Gasteiger partial charge in [0.2, 0.25) is 17.7 Å². The number of halogens is 1. The monoisotopic (exact) mass is 718 g/mol. The van der Waals surface area contributed by atoms with Crippen LogP contribution >= 0.6 is 15.9 Å². The van der Waals surface area contributed by atoms with Gasteiger partial charge < -0.3 is 24.5 Å². The number of rotatable bonds is 14. The van der Waals surface area contributed by atoms with Crippen molar-refractivity contribution in [2.45, 2.75) is 68.5 Å². The van der Waals surface area contributed by atoms with Crippen LogP contribution < -0.4 is 0 Å². The third-order valence-corrected chi connectivity index (χ3v) is 10.7. The molecular formula is C36H43BrN6O5. The van der Waals surface area contributed by atoms with Crippen LogP contribution in [0.25, 0.3) is 11.0 Å². The number of hydrogen-bond acceptors (Lipinski definition) is 7. The molecule has 1 N–H and O–H groups in total. The van der Waals surface area contributed by atoms with Gasteiger partial charge in [-0.05, 0) is 36.5 Å². The first-order valence-corrected chi connectivity index (χ1v) is 17.4. The molecule has 2 aromatic carbocycles. The minimum Gasteiger partial charge on any atom is -0.394 e. The number of ether oxygens (including phenoxy) is 1. The van der Waals surface area contributed by atoms with Crippen molar-refractivity contribution in [1.82, 2.24) is 29.7 Å². The summed E-state index contributed by atoms with van der Waals surface area (Å²) in [6, 6.07) is 15.4. The van der Waals surface area contributed by atoms with Crippen LogP contribution in [0.4, 0.5) is 0 Å². The molecule has 3 aliphatic rings.